The number of phosphoric ester groups is 1. The van der Waals surface area contributed by atoms with Gasteiger partial charge in [0.1, 0.15) is 12.7 Å². The van der Waals surface area contributed by atoms with Crippen molar-refractivity contribution in [2.45, 2.75) is 206 Å². The smallest absolute Gasteiger partial charge is 0.462 e. The van der Waals surface area contributed by atoms with E-state index < -0.39 is 51.8 Å². The molecule has 0 aromatic heterocycles. The van der Waals surface area contributed by atoms with Crippen LogP contribution >= 0.6 is 7.82 Å². The minimum atomic E-state index is -4.65. The minimum Gasteiger partial charge on any atom is -0.462 e. The van der Waals surface area contributed by atoms with Crippen LogP contribution in [0.4, 0.5) is 0 Å². The Hall–Kier alpha value is -1.91. The maximum Gasteiger partial charge on any atom is 0.472 e. The van der Waals surface area contributed by atoms with Gasteiger partial charge in [0.25, 0.3) is 0 Å². The Morgan fingerprint density at radius 3 is 1.36 bits per heavy atom. The first kappa shape index (κ1) is 51.1. The minimum absolute atomic E-state index is 0.000392. The second kappa shape index (κ2) is 38.4. The van der Waals surface area contributed by atoms with E-state index in [-0.39, 0.29) is 19.4 Å². The molecule has 11 heteroatoms. The molecule has 10 nitrogen and oxygen atoms in total. The molecule has 0 rings (SSSR count). The molecule has 3 N–H and O–H groups in total. The number of phosphoric acid groups is 1. The third-order valence-electron chi connectivity index (χ3n) is 8.76. The van der Waals surface area contributed by atoms with Gasteiger partial charge in [-0.3, -0.25) is 18.6 Å². The first-order chi connectivity index (χ1) is 25.7. The highest BCUT2D eigenvalue weighted by atomic mass is 31.2. The van der Waals surface area contributed by atoms with Crippen molar-refractivity contribution in [1.29, 1.82) is 0 Å². The fourth-order valence-electron chi connectivity index (χ4n) is 5.50. The number of unbranched alkanes of at least 4 members (excludes halogenated alkanes) is 22. The van der Waals surface area contributed by atoms with E-state index >= 15 is 0 Å². The van der Waals surface area contributed by atoms with Crippen LogP contribution in [0.15, 0.2) is 0 Å². The monoisotopic (exact) mass is 771 g/mol. The lowest BCUT2D eigenvalue weighted by molar-refractivity contribution is -0.161. The molecule has 1 unspecified atom stereocenters. The standard InChI is InChI=1S/C42H75O10P/c1-3-5-7-9-11-13-15-17-19-21-23-25-27-29-31-33-41(45)49-37-40(38-51-53(47,48)50-36-39(44)35-43)52-42(46)34-32-30-28-26-24-22-20-18-16-14-12-10-8-6-4-2/h39-40,43-44H,3-26,31-38H2,1-2H3,(H,47,48)/t39-,40+/m0/s1. The van der Waals surface area contributed by atoms with Gasteiger partial charge in [-0.2, -0.15) is 0 Å². The van der Waals surface area contributed by atoms with Gasteiger partial charge in [-0.25, -0.2) is 4.57 Å². The summed E-state index contributed by atoms with van der Waals surface area (Å²) in [6.07, 6.45) is 27.7. The predicted octanol–water partition coefficient (Wildman–Crippen LogP) is 9.90. The van der Waals surface area contributed by atoms with Crippen LogP contribution in [0.5, 0.6) is 0 Å². The Balaban J connectivity index is 4.42. The van der Waals surface area contributed by atoms with Gasteiger partial charge in [0.2, 0.25) is 0 Å². The molecular weight excluding hydrogens is 695 g/mol. The molecule has 308 valence electrons. The molecule has 0 bridgehead atoms. The van der Waals surface area contributed by atoms with E-state index in [1.165, 1.54) is 116 Å². The molecule has 0 aliphatic rings. The van der Waals surface area contributed by atoms with E-state index in [1.54, 1.807) is 0 Å². The van der Waals surface area contributed by atoms with Crippen LogP contribution in [0.25, 0.3) is 0 Å². The highest BCUT2D eigenvalue weighted by molar-refractivity contribution is 7.47. The number of carbonyl (C=O) groups is 2. The third kappa shape index (κ3) is 38.2. The Morgan fingerprint density at radius 2 is 0.925 bits per heavy atom. The Kier molecular flexibility index (Phi) is 37.0. The highest BCUT2D eigenvalue weighted by Gasteiger charge is 2.27. The number of ether oxygens (including phenoxy) is 2. The van der Waals surface area contributed by atoms with Crippen LogP contribution in [-0.2, 0) is 32.7 Å². The van der Waals surface area contributed by atoms with Gasteiger partial charge in [0, 0.05) is 25.7 Å². The van der Waals surface area contributed by atoms with Gasteiger partial charge < -0.3 is 24.6 Å². The summed E-state index contributed by atoms with van der Waals surface area (Å²) in [7, 11) is -4.65. The quantitative estimate of drug-likeness (QED) is 0.0243. The van der Waals surface area contributed by atoms with Gasteiger partial charge in [-0.05, 0) is 12.8 Å². The average Bonchev–Trinajstić information content (AvgIpc) is 3.14. The molecule has 0 amide bonds. The van der Waals surface area contributed by atoms with Crippen molar-refractivity contribution in [3.05, 3.63) is 0 Å². The highest BCUT2D eigenvalue weighted by Crippen LogP contribution is 2.43. The maximum atomic E-state index is 12.5. The van der Waals surface area contributed by atoms with Gasteiger partial charge in [-0.1, -0.05) is 142 Å². The number of carbonyl (C=O) groups excluding carboxylic acids is 2. The summed E-state index contributed by atoms with van der Waals surface area (Å²) >= 11 is 0. The van der Waals surface area contributed by atoms with E-state index in [0.717, 1.165) is 38.5 Å². The van der Waals surface area contributed by atoms with Crippen molar-refractivity contribution in [3.8, 4) is 23.7 Å². The predicted molar refractivity (Wildman–Crippen MR) is 212 cm³/mol. The first-order valence-electron chi connectivity index (χ1n) is 20.9. The molecule has 0 aliphatic carbocycles. The lowest BCUT2D eigenvalue weighted by atomic mass is 10.1. The molecule has 0 spiro atoms. The van der Waals surface area contributed by atoms with E-state index in [0.29, 0.717) is 12.8 Å². The van der Waals surface area contributed by atoms with Gasteiger partial charge in [0.05, 0.1) is 32.7 Å². The molecule has 0 aliphatic heterocycles. The van der Waals surface area contributed by atoms with E-state index in [9.17, 15) is 24.2 Å². The van der Waals surface area contributed by atoms with Crippen molar-refractivity contribution in [2.75, 3.05) is 26.4 Å². The molecule has 0 fully saturated rings. The summed E-state index contributed by atoms with van der Waals surface area (Å²) in [6, 6.07) is 0. The van der Waals surface area contributed by atoms with Crippen LogP contribution in [0.3, 0.4) is 0 Å². The Morgan fingerprint density at radius 1 is 0.547 bits per heavy atom. The lowest BCUT2D eigenvalue weighted by Gasteiger charge is -2.20. The van der Waals surface area contributed by atoms with Crippen molar-refractivity contribution in [1.82, 2.24) is 0 Å². The lowest BCUT2D eigenvalue weighted by Crippen LogP contribution is -2.29. The number of esters is 2. The largest absolute Gasteiger partial charge is 0.472 e. The molecule has 53 heavy (non-hydrogen) atoms. The van der Waals surface area contributed by atoms with Crippen LogP contribution in [0, 0.1) is 23.7 Å². The fraction of sp³-hybridized carbons (Fsp3) is 0.857. The summed E-state index contributed by atoms with van der Waals surface area (Å²) < 4.78 is 32.4. The van der Waals surface area contributed by atoms with E-state index in [1.807, 2.05) is 0 Å². The van der Waals surface area contributed by atoms with Crippen LogP contribution in [-0.4, -0.2) is 65.7 Å². The molecule has 0 heterocycles. The second-order valence-corrected chi connectivity index (χ2v) is 15.4. The van der Waals surface area contributed by atoms with Crippen molar-refractivity contribution in [2.24, 2.45) is 0 Å². The SMILES string of the molecule is CCCCCCCCCCCCCC#CCCC(=O)OC[C@H](COP(=O)(O)OC[C@@H](O)CO)OC(=O)CCC#CCCCCCCCCCCCCC. The van der Waals surface area contributed by atoms with E-state index in [2.05, 4.69) is 42.1 Å². The van der Waals surface area contributed by atoms with Crippen molar-refractivity contribution < 1.29 is 47.8 Å². The van der Waals surface area contributed by atoms with Crippen LogP contribution in [0.2, 0.25) is 0 Å². The zero-order chi connectivity index (χ0) is 39.1. The summed E-state index contributed by atoms with van der Waals surface area (Å²) in [6.45, 7) is 2.20. The van der Waals surface area contributed by atoms with Crippen molar-refractivity contribution in [3.63, 3.8) is 0 Å². The zero-order valence-electron chi connectivity index (χ0n) is 33.4. The molecule has 0 saturated carbocycles. The third-order valence-corrected chi connectivity index (χ3v) is 9.71. The molecule has 0 aromatic rings. The Labute approximate surface area is 322 Å². The Bertz CT molecular complexity index is 1040. The zero-order valence-corrected chi connectivity index (χ0v) is 34.3. The average molecular weight is 771 g/mol. The van der Waals surface area contributed by atoms with Crippen LogP contribution in [0.1, 0.15) is 194 Å². The molecule has 0 aromatic carbocycles. The van der Waals surface area contributed by atoms with Gasteiger partial charge >= 0.3 is 19.8 Å². The topological polar surface area (TPSA) is 149 Å². The van der Waals surface area contributed by atoms with Gasteiger partial charge in [-0.15, -0.1) is 23.7 Å². The first-order valence-corrected chi connectivity index (χ1v) is 22.4. The van der Waals surface area contributed by atoms with Crippen molar-refractivity contribution >= 4 is 19.8 Å². The van der Waals surface area contributed by atoms with E-state index in [4.69, 9.17) is 19.1 Å². The summed E-state index contributed by atoms with van der Waals surface area (Å²) in [5.74, 6) is 11.1. The normalized spacial score (nSPS) is 13.2. The summed E-state index contributed by atoms with van der Waals surface area (Å²) in [5.41, 5.74) is 0. The summed E-state index contributed by atoms with van der Waals surface area (Å²) in [4.78, 5) is 34.8. The maximum absolute atomic E-state index is 12.5. The number of aliphatic hydroxyl groups excluding tert-OH is 2. The number of rotatable bonds is 36. The molecular formula is C42H75O10P. The second-order valence-electron chi connectivity index (χ2n) is 14.0. The number of hydrogen-bond donors (Lipinski definition) is 3. The van der Waals surface area contributed by atoms with Crippen LogP contribution < -0.4 is 0 Å². The molecule has 0 radical (unpaired) electrons. The number of aliphatic hydroxyl groups is 2. The fourth-order valence-corrected chi connectivity index (χ4v) is 6.29. The number of hydrogen-bond acceptors (Lipinski definition) is 9. The summed E-state index contributed by atoms with van der Waals surface area (Å²) in [5, 5.41) is 18.3. The molecule has 3 atom stereocenters. The van der Waals surface area contributed by atoms with Gasteiger partial charge in [0.15, 0.2) is 6.10 Å². The molecule has 0 saturated heterocycles.